The molecule has 1 atom stereocenters. The fourth-order valence-electron chi connectivity index (χ4n) is 6.19. The lowest BCUT2D eigenvalue weighted by atomic mass is 9.97. The van der Waals surface area contributed by atoms with Gasteiger partial charge in [0.15, 0.2) is 11.6 Å². The van der Waals surface area contributed by atoms with Crippen LogP contribution in [0.25, 0.3) is 27.7 Å². The summed E-state index contributed by atoms with van der Waals surface area (Å²) in [5.74, 6) is -2.28. The molecule has 3 N–H and O–H groups in total. The largest absolute Gasteiger partial charge is 0.397 e. The first-order chi connectivity index (χ1) is 21.4. The molecule has 2 aromatic carbocycles. The molecule has 1 amide bonds. The third-order valence-electron chi connectivity index (χ3n) is 8.33. The van der Waals surface area contributed by atoms with Crippen LogP contribution in [0.3, 0.4) is 0 Å². The number of piperazine rings is 1. The van der Waals surface area contributed by atoms with Gasteiger partial charge >= 0.3 is 5.69 Å². The van der Waals surface area contributed by atoms with Gasteiger partial charge in [-0.2, -0.15) is 4.98 Å². The highest BCUT2D eigenvalue weighted by Gasteiger charge is 2.38. The summed E-state index contributed by atoms with van der Waals surface area (Å²) in [5.41, 5.74) is 5.82. The van der Waals surface area contributed by atoms with Crippen molar-refractivity contribution in [2.75, 3.05) is 42.1 Å². The summed E-state index contributed by atoms with van der Waals surface area (Å²) < 4.78 is 34.3. The minimum Gasteiger partial charge on any atom is -0.397 e. The van der Waals surface area contributed by atoms with Gasteiger partial charge in [0, 0.05) is 43.5 Å². The number of hydrogen-bond acceptors (Lipinski definition) is 7. The number of nitrogen functional groups attached to an aromatic ring is 1. The Morgan fingerprint density at radius 1 is 1.18 bits per heavy atom. The first-order valence-electron chi connectivity index (χ1n) is 14.2. The standard InChI is InChI=1S/C31H28Cl3F2N7O2/c1-5-18(44)41-8-9-42-15(12-41)11-39-27-21-29(24(36)19(22(27)34)20-23(35)16(32)10-17(33)25(20)37)43(31(45)40-30(21)42)28-14(4)6-7-38-26(28)13(2)3/h5-7,10,13,15,39H,1,8-9,11-12,37H2,2-4H3. The lowest BCUT2D eigenvalue weighted by Crippen LogP contribution is -2.57. The zero-order valence-corrected chi connectivity index (χ0v) is 26.8. The van der Waals surface area contributed by atoms with Crippen molar-refractivity contribution in [3.8, 4) is 16.8 Å². The molecule has 14 heteroatoms. The number of aryl methyl sites for hydroxylation is 1. The van der Waals surface area contributed by atoms with E-state index in [0.29, 0.717) is 30.0 Å². The smallest absolute Gasteiger partial charge is 0.354 e. The van der Waals surface area contributed by atoms with Gasteiger partial charge in [0.2, 0.25) is 5.91 Å². The molecule has 2 aliphatic rings. The molecule has 45 heavy (non-hydrogen) atoms. The van der Waals surface area contributed by atoms with E-state index in [2.05, 4.69) is 21.9 Å². The van der Waals surface area contributed by atoms with E-state index >= 15 is 8.78 Å². The lowest BCUT2D eigenvalue weighted by molar-refractivity contribution is -0.126. The maximum atomic E-state index is 17.4. The number of halogens is 5. The second kappa shape index (κ2) is 11.5. The van der Waals surface area contributed by atoms with Crippen molar-refractivity contribution in [1.82, 2.24) is 19.4 Å². The van der Waals surface area contributed by atoms with Crippen molar-refractivity contribution in [2.45, 2.75) is 32.7 Å². The van der Waals surface area contributed by atoms with E-state index in [0.717, 1.165) is 10.6 Å². The molecule has 2 aliphatic heterocycles. The lowest BCUT2D eigenvalue weighted by Gasteiger charge is -2.41. The second-order valence-electron chi connectivity index (χ2n) is 11.3. The quantitative estimate of drug-likeness (QED) is 0.148. The van der Waals surface area contributed by atoms with Gasteiger partial charge in [0.1, 0.15) is 11.3 Å². The number of hydrogen-bond donors (Lipinski definition) is 2. The van der Waals surface area contributed by atoms with Crippen molar-refractivity contribution >= 4 is 68.8 Å². The van der Waals surface area contributed by atoms with Crippen LogP contribution in [0.2, 0.25) is 15.1 Å². The van der Waals surface area contributed by atoms with Gasteiger partial charge in [-0.1, -0.05) is 55.2 Å². The number of fused-ring (bicyclic) bond motifs is 2. The summed E-state index contributed by atoms with van der Waals surface area (Å²) in [4.78, 5) is 39.2. The van der Waals surface area contributed by atoms with Gasteiger partial charge in [0.05, 0.1) is 49.3 Å². The third-order valence-corrected chi connectivity index (χ3v) is 9.30. The molecule has 0 spiro atoms. The summed E-state index contributed by atoms with van der Waals surface area (Å²) in [6.07, 6.45) is 2.85. The van der Waals surface area contributed by atoms with E-state index in [-0.39, 0.29) is 74.1 Å². The molecule has 2 aromatic heterocycles. The van der Waals surface area contributed by atoms with Crippen molar-refractivity contribution in [2.24, 2.45) is 0 Å². The number of carbonyl (C=O) groups is 1. The summed E-state index contributed by atoms with van der Waals surface area (Å²) in [6.45, 7) is 10.3. The number of pyridine rings is 1. The minimum atomic E-state index is -1.03. The highest BCUT2D eigenvalue weighted by molar-refractivity contribution is 6.40. The molecule has 4 heterocycles. The van der Waals surface area contributed by atoms with E-state index in [1.165, 1.54) is 6.08 Å². The van der Waals surface area contributed by atoms with Crippen LogP contribution in [0, 0.1) is 18.6 Å². The molecule has 0 radical (unpaired) electrons. The molecule has 0 saturated carbocycles. The normalized spacial score (nSPS) is 16.1. The highest BCUT2D eigenvalue weighted by Crippen LogP contribution is 2.50. The number of rotatable bonds is 4. The molecular formula is C31H28Cl3F2N7O2. The van der Waals surface area contributed by atoms with Crippen LogP contribution in [-0.4, -0.2) is 57.6 Å². The maximum absolute atomic E-state index is 17.4. The predicted molar refractivity (Wildman–Crippen MR) is 175 cm³/mol. The Balaban J connectivity index is 1.78. The molecule has 9 nitrogen and oxygen atoms in total. The van der Waals surface area contributed by atoms with E-state index in [9.17, 15) is 9.59 Å². The molecular weight excluding hydrogens is 647 g/mol. The van der Waals surface area contributed by atoms with Crippen LogP contribution in [0.1, 0.15) is 31.0 Å². The van der Waals surface area contributed by atoms with Crippen molar-refractivity contribution < 1.29 is 13.6 Å². The monoisotopic (exact) mass is 673 g/mol. The molecule has 4 aromatic rings. The summed E-state index contributed by atoms with van der Waals surface area (Å²) in [7, 11) is 0. The zero-order valence-electron chi connectivity index (χ0n) is 24.5. The molecule has 1 unspecified atom stereocenters. The fraction of sp³-hybridized carbons (Fsp3) is 0.290. The Kier molecular flexibility index (Phi) is 7.91. The maximum Gasteiger partial charge on any atom is 0.354 e. The average Bonchev–Trinajstić information content (AvgIpc) is 3.16. The number of aromatic nitrogens is 3. The zero-order chi connectivity index (χ0) is 32.5. The molecule has 6 rings (SSSR count). The number of nitrogens with zero attached hydrogens (tertiary/aromatic N) is 5. The van der Waals surface area contributed by atoms with Gasteiger partial charge < -0.3 is 20.9 Å². The van der Waals surface area contributed by atoms with Crippen molar-refractivity contribution in [3.05, 3.63) is 79.4 Å². The number of carbonyl (C=O) groups excluding carboxylic acids is 1. The number of benzene rings is 2. The van der Waals surface area contributed by atoms with Gasteiger partial charge in [0.25, 0.3) is 0 Å². The molecule has 234 valence electrons. The van der Waals surface area contributed by atoms with Crippen molar-refractivity contribution in [3.63, 3.8) is 0 Å². The van der Waals surface area contributed by atoms with E-state index in [4.69, 9.17) is 40.5 Å². The number of nitrogens with one attached hydrogen (secondary N) is 1. The average molecular weight is 675 g/mol. The van der Waals surface area contributed by atoms with Gasteiger partial charge in [-0.25, -0.2) is 13.6 Å². The van der Waals surface area contributed by atoms with Crippen LogP contribution < -0.4 is 21.6 Å². The van der Waals surface area contributed by atoms with E-state index < -0.39 is 28.5 Å². The van der Waals surface area contributed by atoms with Gasteiger partial charge in [-0.3, -0.25) is 14.3 Å². The molecule has 1 saturated heterocycles. The van der Waals surface area contributed by atoms with Crippen LogP contribution in [0.15, 0.2) is 35.8 Å². The Hall–Kier alpha value is -3.93. The summed E-state index contributed by atoms with van der Waals surface area (Å²) in [6, 6.07) is 2.45. The number of amides is 1. The Labute approximate surface area is 272 Å². The number of nitrogens with two attached hydrogens (primary N) is 1. The SMILES string of the molecule is C=CC(=O)N1CCN2c3nc(=O)n(-c4c(C)ccnc4C(C)C)c4c(F)c(-c5c(N)c(Cl)cc(Cl)c5F)c(Cl)c(c34)NCC2C1. The highest BCUT2D eigenvalue weighted by atomic mass is 35.5. The van der Waals surface area contributed by atoms with Crippen LogP contribution in [0.5, 0.6) is 0 Å². The second-order valence-corrected chi connectivity index (χ2v) is 12.5. The van der Waals surface area contributed by atoms with Gasteiger partial charge in [-0.05, 0) is 36.6 Å². The first kappa shape index (κ1) is 31.1. The van der Waals surface area contributed by atoms with Gasteiger partial charge in [-0.15, -0.1) is 0 Å². The molecule has 1 fully saturated rings. The van der Waals surface area contributed by atoms with Crippen LogP contribution in [0.4, 0.5) is 26.0 Å². The Bertz CT molecular complexity index is 1970. The fourth-order valence-corrected chi connectivity index (χ4v) is 7.00. The van der Waals surface area contributed by atoms with Crippen LogP contribution >= 0.6 is 34.8 Å². The van der Waals surface area contributed by atoms with E-state index in [1.807, 2.05) is 18.7 Å². The van der Waals surface area contributed by atoms with Crippen molar-refractivity contribution in [1.29, 1.82) is 0 Å². The molecule has 0 aliphatic carbocycles. The van der Waals surface area contributed by atoms with Crippen LogP contribution in [-0.2, 0) is 4.79 Å². The Morgan fingerprint density at radius 2 is 1.91 bits per heavy atom. The number of anilines is 3. The Morgan fingerprint density at radius 3 is 2.60 bits per heavy atom. The third kappa shape index (κ3) is 4.79. The summed E-state index contributed by atoms with van der Waals surface area (Å²) >= 11 is 19.4. The summed E-state index contributed by atoms with van der Waals surface area (Å²) in [5, 5.41) is 2.79. The minimum absolute atomic E-state index is 0.104. The predicted octanol–water partition coefficient (Wildman–Crippen LogP) is 6.33. The molecule has 0 bridgehead atoms. The van der Waals surface area contributed by atoms with E-state index in [1.54, 1.807) is 24.1 Å². The topological polar surface area (TPSA) is 109 Å². The first-order valence-corrected chi connectivity index (χ1v) is 15.3.